The van der Waals surface area contributed by atoms with Crippen molar-refractivity contribution in [2.45, 2.75) is 90.4 Å². The van der Waals surface area contributed by atoms with E-state index in [1.165, 1.54) is 42.0 Å². The van der Waals surface area contributed by atoms with Gasteiger partial charge in [0.2, 0.25) is 11.8 Å². The molecule has 8 rings (SSSR count). The number of aromatic amines is 2. The van der Waals surface area contributed by atoms with E-state index in [0.29, 0.717) is 13.1 Å². The van der Waals surface area contributed by atoms with Crippen molar-refractivity contribution in [3.8, 4) is 33.8 Å². The van der Waals surface area contributed by atoms with Crippen LogP contribution in [0.15, 0.2) is 48.8 Å². The number of hydrogen-bond acceptors (Lipinski definition) is 8. The number of carbonyl (C=O) groups is 4. The van der Waals surface area contributed by atoms with Crippen LogP contribution in [-0.4, -0.2) is 97.7 Å². The number of nitrogens with zero attached hydrogens (tertiary/aromatic N) is 5. The topological polar surface area (TPSA) is 180 Å². The summed E-state index contributed by atoms with van der Waals surface area (Å²) in [6.45, 7) is 8.84. The van der Waals surface area contributed by atoms with E-state index in [-0.39, 0.29) is 35.7 Å². The third kappa shape index (κ3) is 7.38. The van der Waals surface area contributed by atoms with Crippen LogP contribution in [0.5, 0.6) is 0 Å². The molecule has 4 atom stereocenters. The number of likely N-dealkylation sites (tertiary alicyclic amines) is 2. The first kappa shape index (κ1) is 40.7. The fourth-order valence-electron chi connectivity index (χ4n) is 9.43. The van der Waals surface area contributed by atoms with E-state index in [4.69, 9.17) is 19.4 Å². The quantitative estimate of drug-likeness (QED) is 0.119. The number of imidazole rings is 2. The first-order valence-electron chi connectivity index (χ1n) is 21.0. The Bertz CT molecular complexity index is 2450. The minimum atomic E-state index is -0.691. The van der Waals surface area contributed by atoms with Crippen LogP contribution in [-0.2, 0) is 39.0 Å². The van der Waals surface area contributed by atoms with Crippen LogP contribution in [0.3, 0.4) is 0 Å². The first-order chi connectivity index (χ1) is 28.9. The monoisotopic (exact) mass is 817 g/mol. The zero-order valence-corrected chi connectivity index (χ0v) is 35.4. The molecular weight excluding hydrogens is 763 g/mol. The summed E-state index contributed by atoms with van der Waals surface area (Å²) >= 11 is 0. The Morgan fingerprint density at radius 1 is 0.733 bits per heavy atom. The summed E-state index contributed by atoms with van der Waals surface area (Å²) < 4.78 is 11.9. The second-order valence-electron chi connectivity index (χ2n) is 16.9. The number of nitrogens with one attached hydrogen (secondary N) is 4. The maximum Gasteiger partial charge on any atom is 0.407 e. The Balaban J connectivity index is 1.02. The van der Waals surface area contributed by atoms with Crippen molar-refractivity contribution >= 4 is 34.9 Å². The molecule has 2 aliphatic heterocycles. The second-order valence-corrected chi connectivity index (χ2v) is 16.9. The lowest BCUT2D eigenvalue weighted by Crippen LogP contribution is -2.51. The van der Waals surface area contributed by atoms with Crippen LogP contribution in [0.2, 0.25) is 0 Å². The van der Waals surface area contributed by atoms with Crippen molar-refractivity contribution < 1.29 is 28.7 Å². The van der Waals surface area contributed by atoms with Gasteiger partial charge in [-0.05, 0) is 85.3 Å². The molecule has 0 bridgehead atoms. The van der Waals surface area contributed by atoms with Gasteiger partial charge in [-0.25, -0.2) is 19.6 Å². The summed E-state index contributed by atoms with van der Waals surface area (Å²) in [5.41, 5.74) is 10.0. The van der Waals surface area contributed by atoms with E-state index in [2.05, 4.69) is 68.6 Å². The molecule has 0 unspecified atom stereocenters. The SMILES string of the molecule is COC(=O)N[C@H](C(=O)N1CCC[C@H]1c1ncc(-c2ccc3c(c2)CCc2c-3n(C)c3ccc(-c4cnc([C@@H]5CCCN5C(=O)[C@@H](NC(=O)OC)C(C)C)[nH]4)cc23)[nH]1)C(C)C. The van der Waals surface area contributed by atoms with E-state index in [1.54, 1.807) is 0 Å². The highest BCUT2D eigenvalue weighted by Gasteiger charge is 2.39. The molecule has 4 amide bonds. The highest BCUT2D eigenvalue weighted by atomic mass is 16.5. The summed E-state index contributed by atoms with van der Waals surface area (Å²) in [5, 5.41) is 6.64. The average Bonchev–Trinajstić information content (AvgIpc) is 4.11. The Morgan fingerprint density at radius 2 is 1.25 bits per heavy atom. The molecule has 3 aliphatic rings. The van der Waals surface area contributed by atoms with Gasteiger partial charge in [0.05, 0.1) is 55.8 Å². The van der Waals surface area contributed by atoms with Crippen molar-refractivity contribution in [1.82, 2.24) is 44.9 Å². The van der Waals surface area contributed by atoms with Crippen molar-refractivity contribution in [3.05, 3.63) is 71.6 Å². The first-order valence-corrected chi connectivity index (χ1v) is 21.0. The zero-order chi connectivity index (χ0) is 42.4. The Morgan fingerprint density at radius 3 is 1.77 bits per heavy atom. The molecule has 15 nitrogen and oxygen atoms in total. The Labute approximate surface area is 349 Å². The molecule has 0 radical (unpaired) electrons. The van der Waals surface area contributed by atoms with Gasteiger partial charge in [0.1, 0.15) is 23.7 Å². The summed E-state index contributed by atoms with van der Waals surface area (Å²) in [6, 6.07) is 11.3. The molecule has 3 aromatic heterocycles. The number of ether oxygens (including phenoxy) is 2. The van der Waals surface area contributed by atoms with Gasteiger partial charge >= 0.3 is 12.2 Å². The fraction of sp³-hybridized carbons (Fsp3) is 0.467. The number of benzene rings is 2. The van der Waals surface area contributed by atoms with E-state index in [0.717, 1.165) is 78.2 Å². The largest absolute Gasteiger partial charge is 0.453 e. The van der Waals surface area contributed by atoms with Gasteiger partial charge < -0.3 is 44.4 Å². The minimum absolute atomic E-state index is 0.106. The fourth-order valence-corrected chi connectivity index (χ4v) is 9.43. The van der Waals surface area contributed by atoms with Crippen LogP contribution in [0.4, 0.5) is 9.59 Å². The van der Waals surface area contributed by atoms with E-state index < -0.39 is 24.3 Å². The molecule has 0 spiro atoms. The Hall–Kier alpha value is -6.12. The van der Waals surface area contributed by atoms with Gasteiger partial charge in [-0.1, -0.05) is 45.9 Å². The zero-order valence-electron chi connectivity index (χ0n) is 35.4. The molecule has 2 saturated heterocycles. The van der Waals surface area contributed by atoms with Gasteiger partial charge in [0, 0.05) is 42.2 Å². The normalized spacial score (nSPS) is 18.4. The maximum atomic E-state index is 13.7. The summed E-state index contributed by atoms with van der Waals surface area (Å²) in [7, 11) is 4.72. The lowest BCUT2D eigenvalue weighted by molar-refractivity contribution is -0.136. The van der Waals surface area contributed by atoms with Gasteiger partial charge in [-0.15, -0.1) is 0 Å². The predicted molar refractivity (Wildman–Crippen MR) is 227 cm³/mol. The molecule has 2 aromatic carbocycles. The molecule has 1 aliphatic carbocycles. The molecule has 60 heavy (non-hydrogen) atoms. The van der Waals surface area contributed by atoms with E-state index >= 15 is 0 Å². The van der Waals surface area contributed by atoms with Crippen LogP contribution in [0.1, 0.15) is 88.2 Å². The second kappa shape index (κ2) is 16.5. The average molecular weight is 818 g/mol. The summed E-state index contributed by atoms with van der Waals surface area (Å²) in [5.74, 6) is 1.00. The van der Waals surface area contributed by atoms with Crippen LogP contribution >= 0.6 is 0 Å². The third-order valence-corrected chi connectivity index (χ3v) is 12.6. The number of amides is 4. The lowest BCUT2D eigenvalue weighted by Gasteiger charge is -2.30. The van der Waals surface area contributed by atoms with Crippen molar-refractivity contribution in [2.75, 3.05) is 27.3 Å². The van der Waals surface area contributed by atoms with Crippen molar-refractivity contribution in [3.63, 3.8) is 0 Å². The van der Waals surface area contributed by atoms with E-state index in [9.17, 15) is 19.2 Å². The number of hydrogen-bond donors (Lipinski definition) is 4. The lowest BCUT2D eigenvalue weighted by atomic mass is 9.87. The van der Waals surface area contributed by atoms with Gasteiger partial charge in [0.15, 0.2) is 0 Å². The number of methoxy groups -OCH3 is 2. The van der Waals surface area contributed by atoms with Crippen molar-refractivity contribution in [1.29, 1.82) is 0 Å². The number of carbonyl (C=O) groups excluding carboxylic acids is 4. The molecular formula is C45H55N9O6. The molecule has 5 aromatic rings. The number of aromatic nitrogens is 5. The molecule has 2 fully saturated rings. The molecule has 15 heteroatoms. The predicted octanol–water partition coefficient (Wildman–Crippen LogP) is 6.81. The van der Waals surface area contributed by atoms with Gasteiger partial charge in [-0.2, -0.15) is 0 Å². The van der Waals surface area contributed by atoms with Gasteiger partial charge in [-0.3, -0.25) is 9.59 Å². The number of fused-ring (bicyclic) bond motifs is 5. The van der Waals surface area contributed by atoms with Crippen LogP contribution < -0.4 is 10.6 Å². The number of aryl methyl sites for hydroxylation is 3. The molecule has 0 saturated carbocycles. The molecule has 5 heterocycles. The van der Waals surface area contributed by atoms with Crippen molar-refractivity contribution in [2.24, 2.45) is 18.9 Å². The minimum Gasteiger partial charge on any atom is -0.453 e. The Kier molecular flexibility index (Phi) is 11.2. The summed E-state index contributed by atoms with van der Waals surface area (Å²) in [4.78, 5) is 71.7. The van der Waals surface area contributed by atoms with E-state index in [1.807, 2.05) is 49.9 Å². The molecule has 4 N–H and O–H groups in total. The van der Waals surface area contributed by atoms with Gasteiger partial charge in [0.25, 0.3) is 0 Å². The number of H-pyrrole nitrogens is 2. The highest BCUT2D eigenvalue weighted by molar-refractivity contribution is 5.96. The van der Waals surface area contributed by atoms with Crippen LogP contribution in [0, 0.1) is 11.8 Å². The third-order valence-electron chi connectivity index (χ3n) is 12.6. The highest BCUT2D eigenvalue weighted by Crippen LogP contribution is 2.42. The number of rotatable bonds is 10. The standard InChI is InChI=1S/C45H55N9O6/c1-24(2)37(50-44(57)59-6)42(55)53-18-8-10-35(53)40-46-22-32(48-40)27-13-15-29-26(20-27)12-16-30-31-21-28(14-17-34(31)52(5)39(29)30)33-23-47-41(49-33)36-11-9-19-54(36)43(56)38(25(3)4)51-45(58)60-7/h13-15,17,20-25,35-38H,8-12,16,18-19H2,1-7H3,(H,46,48)(H,47,49)(H,50,57)(H,51,58)/t35-,36-,37-,38-/m0/s1. The maximum absolute atomic E-state index is 13.7. The number of alkyl carbamates (subject to hydrolysis) is 2. The van der Waals surface area contributed by atoms with Crippen LogP contribution in [0.25, 0.3) is 44.7 Å². The smallest absolute Gasteiger partial charge is 0.407 e. The summed E-state index contributed by atoms with van der Waals surface area (Å²) in [6.07, 6.45) is 7.51. The molecule has 316 valence electrons.